The van der Waals surface area contributed by atoms with Crippen LogP contribution >= 0.6 is 0 Å². The fourth-order valence-corrected chi connectivity index (χ4v) is 2.35. The van der Waals surface area contributed by atoms with E-state index in [4.69, 9.17) is 4.74 Å². The predicted molar refractivity (Wildman–Crippen MR) is 79.7 cm³/mol. The first-order valence-electron chi connectivity index (χ1n) is 6.83. The quantitative estimate of drug-likeness (QED) is 0.527. The molecule has 0 radical (unpaired) electrons. The van der Waals surface area contributed by atoms with Crippen molar-refractivity contribution in [3.8, 4) is 0 Å². The summed E-state index contributed by atoms with van der Waals surface area (Å²) in [7, 11) is 0. The number of nitro groups is 1. The molecule has 0 fully saturated rings. The van der Waals surface area contributed by atoms with E-state index in [0.717, 1.165) is 18.3 Å². The van der Waals surface area contributed by atoms with Crippen LogP contribution in [-0.4, -0.2) is 10.9 Å². The van der Waals surface area contributed by atoms with Gasteiger partial charge in [0.2, 0.25) is 6.10 Å². The average molecular weight is 332 g/mol. The average Bonchev–Trinajstić information content (AvgIpc) is 2.87. The minimum atomic E-state index is -1.21. The van der Waals surface area contributed by atoms with E-state index in [2.05, 4.69) is 5.32 Å². The Kier molecular flexibility index (Phi) is 3.95. The number of fused-ring (bicyclic) bond motifs is 1. The highest BCUT2D eigenvalue weighted by atomic mass is 19.1. The number of nitrogens with one attached hydrogen (secondary N) is 1. The molecule has 1 N–H and O–H groups in total. The number of carbonyl (C=O) groups excluding carboxylic acids is 1. The Morgan fingerprint density at radius 2 is 2.00 bits per heavy atom. The summed E-state index contributed by atoms with van der Waals surface area (Å²) in [6.07, 6.45) is -0.282. The molecule has 2 aromatic rings. The summed E-state index contributed by atoms with van der Waals surface area (Å²) in [6, 6.07) is 9.04. The molecule has 0 aromatic heterocycles. The maximum absolute atomic E-state index is 13.6. The van der Waals surface area contributed by atoms with E-state index in [1.165, 1.54) is 6.07 Å². The van der Waals surface area contributed by atoms with Crippen LogP contribution in [0.4, 0.5) is 14.5 Å². The van der Waals surface area contributed by atoms with Crippen LogP contribution in [0.1, 0.15) is 22.0 Å². The lowest BCUT2D eigenvalue weighted by Crippen LogP contribution is -2.12. The zero-order valence-corrected chi connectivity index (χ0v) is 12.0. The van der Waals surface area contributed by atoms with Gasteiger partial charge in [-0.3, -0.25) is 10.1 Å². The van der Waals surface area contributed by atoms with Crippen molar-refractivity contribution in [2.75, 3.05) is 5.32 Å². The SMILES string of the molecule is O=C1O[C@@H](C(=CNc2ccc(F)cc2F)[N+](=O)[O-])c2ccccc21. The van der Waals surface area contributed by atoms with Crippen LogP contribution in [0.5, 0.6) is 0 Å². The number of esters is 1. The number of carbonyl (C=O) groups is 1. The summed E-state index contributed by atoms with van der Waals surface area (Å²) in [5.41, 5.74) is -0.0274. The molecule has 6 nitrogen and oxygen atoms in total. The predicted octanol–water partition coefficient (Wildman–Crippen LogP) is 3.41. The van der Waals surface area contributed by atoms with Crippen molar-refractivity contribution < 1.29 is 23.2 Å². The standard InChI is InChI=1S/C16H10F2N2O4/c17-9-5-6-13(12(18)7-9)19-8-14(20(22)23)15-10-3-1-2-4-11(10)16(21)24-15/h1-8,15,19H/t15-/m1/s1. The molecule has 2 aromatic carbocycles. The first kappa shape index (κ1) is 15.6. The number of rotatable bonds is 4. The Balaban J connectivity index is 1.94. The van der Waals surface area contributed by atoms with Crippen LogP contribution in [-0.2, 0) is 4.74 Å². The van der Waals surface area contributed by atoms with Gasteiger partial charge in [-0.05, 0) is 18.2 Å². The highest BCUT2D eigenvalue weighted by Gasteiger charge is 2.39. The molecule has 24 heavy (non-hydrogen) atoms. The lowest BCUT2D eigenvalue weighted by molar-refractivity contribution is -0.436. The normalized spacial score (nSPS) is 16.5. The number of nitrogens with zero attached hydrogens (tertiary/aromatic N) is 1. The van der Waals surface area contributed by atoms with Crippen LogP contribution in [0.2, 0.25) is 0 Å². The number of cyclic esters (lactones) is 1. The monoisotopic (exact) mass is 332 g/mol. The van der Waals surface area contributed by atoms with Crippen molar-refractivity contribution in [1.29, 1.82) is 0 Å². The van der Waals surface area contributed by atoms with Gasteiger partial charge in [-0.15, -0.1) is 0 Å². The molecule has 0 aliphatic carbocycles. The van der Waals surface area contributed by atoms with E-state index < -0.39 is 34.3 Å². The fourth-order valence-electron chi connectivity index (χ4n) is 2.35. The van der Waals surface area contributed by atoms with E-state index in [9.17, 15) is 23.7 Å². The Hall–Kier alpha value is -3.29. The van der Waals surface area contributed by atoms with Crippen LogP contribution in [0.3, 0.4) is 0 Å². The molecule has 0 spiro atoms. The summed E-state index contributed by atoms with van der Waals surface area (Å²) < 4.78 is 31.5. The maximum Gasteiger partial charge on any atom is 0.339 e. The molecule has 0 amide bonds. The summed E-state index contributed by atoms with van der Waals surface area (Å²) in [5.74, 6) is -2.34. The Bertz CT molecular complexity index is 867. The molecule has 0 unspecified atom stereocenters. The van der Waals surface area contributed by atoms with Gasteiger partial charge in [0.15, 0.2) is 0 Å². The first-order chi connectivity index (χ1) is 11.5. The summed E-state index contributed by atoms with van der Waals surface area (Å²) in [5, 5.41) is 13.7. The van der Waals surface area contributed by atoms with Crippen molar-refractivity contribution in [2.24, 2.45) is 0 Å². The van der Waals surface area contributed by atoms with Gasteiger partial charge in [-0.1, -0.05) is 18.2 Å². The number of anilines is 1. The van der Waals surface area contributed by atoms with E-state index in [-0.39, 0.29) is 11.3 Å². The minimum absolute atomic E-state index is 0.145. The number of benzene rings is 2. The van der Waals surface area contributed by atoms with E-state index >= 15 is 0 Å². The molecular weight excluding hydrogens is 322 g/mol. The molecule has 0 saturated heterocycles. The van der Waals surface area contributed by atoms with Crippen molar-refractivity contribution in [1.82, 2.24) is 0 Å². The second-order valence-corrected chi connectivity index (χ2v) is 4.97. The molecule has 1 heterocycles. The van der Waals surface area contributed by atoms with Crippen molar-refractivity contribution in [2.45, 2.75) is 6.10 Å². The second kappa shape index (κ2) is 6.07. The fraction of sp³-hybridized carbons (Fsp3) is 0.0625. The Morgan fingerprint density at radius 1 is 1.25 bits per heavy atom. The molecule has 1 aliphatic heterocycles. The number of hydrogen-bond donors (Lipinski definition) is 1. The van der Waals surface area contributed by atoms with Crippen molar-refractivity contribution >= 4 is 11.7 Å². The Morgan fingerprint density at radius 3 is 2.71 bits per heavy atom. The first-order valence-corrected chi connectivity index (χ1v) is 6.83. The summed E-state index contributed by atoms with van der Waals surface area (Å²) in [4.78, 5) is 22.4. The number of halogens is 2. The molecule has 1 atom stereocenters. The van der Waals surface area contributed by atoms with Crippen LogP contribution in [0, 0.1) is 21.7 Å². The minimum Gasteiger partial charge on any atom is -0.442 e. The molecule has 0 bridgehead atoms. The largest absolute Gasteiger partial charge is 0.442 e. The molecular formula is C16H10F2N2O4. The van der Waals surface area contributed by atoms with E-state index in [1.54, 1.807) is 18.2 Å². The van der Waals surface area contributed by atoms with Gasteiger partial charge in [-0.2, -0.15) is 0 Å². The second-order valence-electron chi connectivity index (χ2n) is 4.97. The molecule has 3 rings (SSSR count). The van der Waals surface area contributed by atoms with Gasteiger partial charge in [-0.25, -0.2) is 13.6 Å². The number of hydrogen-bond acceptors (Lipinski definition) is 5. The van der Waals surface area contributed by atoms with Crippen LogP contribution < -0.4 is 5.32 Å². The molecule has 8 heteroatoms. The molecule has 1 aliphatic rings. The third-order valence-corrected chi connectivity index (χ3v) is 3.47. The van der Waals surface area contributed by atoms with Crippen molar-refractivity contribution in [3.05, 3.63) is 87.2 Å². The van der Waals surface area contributed by atoms with E-state index in [0.29, 0.717) is 11.6 Å². The molecule has 0 saturated carbocycles. The third kappa shape index (κ3) is 2.81. The topological polar surface area (TPSA) is 81.5 Å². The summed E-state index contributed by atoms with van der Waals surface area (Å²) >= 11 is 0. The van der Waals surface area contributed by atoms with E-state index in [1.807, 2.05) is 0 Å². The highest BCUT2D eigenvalue weighted by Crippen LogP contribution is 2.35. The Labute approximate surface area is 134 Å². The van der Waals surface area contributed by atoms with Gasteiger partial charge >= 0.3 is 11.7 Å². The smallest absolute Gasteiger partial charge is 0.339 e. The van der Waals surface area contributed by atoms with Gasteiger partial charge in [0, 0.05) is 11.6 Å². The van der Waals surface area contributed by atoms with Crippen LogP contribution in [0.25, 0.3) is 0 Å². The number of ether oxygens (including phenoxy) is 1. The zero-order chi connectivity index (χ0) is 17.3. The third-order valence-electron chi connectivity index (χ3n) is 3.47. The van der Waals surface area contributed by atoms with Crippen molar-refractivity contribution in [3.63, 3.8) is 0 Å². The van der Waals surface area contributed by atoms with Crippen LogP contribution in [0.15, 0.2) is 54.4 Å². The van der Waals surface area contributed by atoms with Gasteiger partial charge in [0.05, 0.1) is 22.4 Å². The molecule has 122 valence electrons. The highest BCUT2D eigenvalue weighted by molar-refractivity contribution is 5.94. The van der Waals surface area contributed by atoms with Gasteiger partial charge in [0.1, 0.15) is 11.6 Å². The van der Waals surface area contributed by atoms with Gasteiger partial charge < -0.3 is 10.1 Å². The lowest BCUT2D eigenvalue weighted by atomic mass is 10.0. The lowest BCUT2D eigenvalue weighted by Gasteiger charge is -2.09. The summed E-state index contributed by atoms with van der Waals surface area (Å²) in [6.45, 7) is 0. The zero-order valence-electron chi connectivity index (χ0n) is 12.0. The van der Waals surface area contributed by atoms with Gasteiger partial charge in [0.25, 0.3) is 0 Å². The maximum atomic E-state index is 13.6.